The number of fused-ring (bicyclic) bond motifs is 1. The predicted octanol–water partition coefficient (Wildman–Crippen LogP) is 2.96. The zero-order valence-electron chi connectivity index (χ0n) is 13.9. The number of ether oxygens (including phenoxy) is 1. The number of halogens is 2. The van der Waals surface area contributed by atoms with E-state index < -0.39 is 11.7 Å². The molecule has 4 rings (SSSR count). The minimum absolute atomic E-state index is 0.152. The second-order valence-electron chi connectivity index (χ2n) is 5.76. The van der Waals surface area contributed by atoms with Gasteiger partial charge < -0.3 is 15.4 Å². The van der Waals surface area contributed by atoms with E-state index in [1.807, 2.05) is 0 Å². The molecule has 0 bridgehead atoms. The van der Waals surface area contributed by atoms with Crippen LogP contribution in [-0.2, 0) is 0 Å². The van der Waals surface area contributed by atoms with Gasteiger partial charge in [-0.2, -0.15) is 0 Å². The molecule has 0 saturated carbocycles. The highest BCUT2D eigenvalue weighted by Gasteiger charge is 2.26. The predicted molar refractivity (Wildman–Crippen MR) is 97.7 cm³/mol. The summed E-state index contributed by atoms with van der Waals surface area (Å²) in [6.45, 7) is 0.785. The normalized spacial score (nSPS) is 13.0. The van der Waals surface area contributed by atoms with E-state index in [4.69, 9.17) is 22.1 Å². The third kappa shape index (κ3) is 3.15. The molecule has 0 fully saturated rings. The Balaban J connectivity index is 1.85. The van der Waals surface area contributed by atoms with Crippen LogP contribution in [0.5, 0.6) is 5.75 Å². The Kier molecular flexibility index (Phi) is 4.33. The number of aromatic nitrogens is 3. The summed E-state index contributed by atoms with van der Waals surface area (Å²) in [4.78, 5) is 26.1. The molecule has 2 N–H and O–H groups in total. The van der Waals surface area contributed by atoms with Crippen molar-refractivity contribution in [1.82, 2.24) is 15.0 Å². The van der Waals surface area contributed by atoms with Crippen LogP contribution < -0.4 is 15.4 Å². The summed E-state index contributed by atoms with van der Waals surface area (Å²) < 4.78 is 19.8. The van der Waals surface area contributed by atoms with Crippen LogP contribution in [0.25, 0.3) is 11.4 Å². The minimum atomic E-state index is -0.610. The number of amides is 1. The molecule has 1 amide bonds. The van der Waals surface area contributed by atoms with Crippen molar-refractivity contribution >= 4 is 29.0 Å². The molecule has 1 aliphatic heterocycles. The van der Waals surface area contributed by atoms with E-state index >= 15 is 0 Å². The molecule has 1 aromatic carbocycles. The number of primary amides is 1. The fourth-order valence-corrected chi connectivity index (χ4v) is 3.03. The van der Waals surface area contributed by atoms with Gasteiger partial charge in [0.05, 0.1) is 29.6 Å². The lowest BCUT2D eigenvalue weighted by molar-refractivity contribution is 0.100. The third-order valence-electron chi connectivity index (χ3n) is 4.09. The van der Waals surface area contributed by atoms with Crippen molar-refractivity contribution in [2.45, 2.75) is 0 Å². The van der Waals surface area contributed by atoms with Gasteiger partial charge in [-0.25, -0.2) is 14.4 Å². The van der Waals surface area contributed by atoms with Crippen molar-refractivity contribution in [2.75, 3.05) is 18.1 Å². The van der Waals surface area contributed by atoms with Gasteiger partial charge in [0.1, 0.15) is 12.4 Å². The van der Waals surface area contributed by atoms with Gasteiger partial charge in [-0.3, -0.25) is 9.78 Å². The maximum Gasteiger partial charge on any atom is 0.252 e. The summed E-state index contributed by atoms with van der Waals surface area (Å²) in [7, 11) is 0. The number of nitrogens with zero attached hydrogens (tertiary/aromatic N) is 4. The molecule has 2 aromatic heterocycles. The number of carbonyl (C=O) groups is 1. The van der Waals surface area contributed by atoms with Crippen LogP contribution in [0.1, 0.15) is 10.4 Å². The number of hydrogen-bond donors (Lipinski definition) is 1. The minimum Gasteiger partial charge on any atom is -0.486 e. The van der Waals surface area contributed by atoms with Crippen LogP contribution in [0.4, 0.5) is 15.9 Å². The number of anilines is 2. The Hall–Kier alpha value is -3.26. The van der Waals surface area contributed by atoms with Crippen molar-refractivity contribution in [2.24, 2.45) is 5.73 Å². The number of hydrogen-bond acceptors (Lipinski definition) is 6. The van der Waals surface area contributed by atoms with E-state index in [0.29, 0.717) is 35.4 Å². The molecule has 0 aliphatic carbocycles. The second kappa shape index (κ2) is 6.81. The van der Waals surface area contributed by atoms with E-state index in [1.165, 1.54) is 30.6 Å². The zero-order valence-corrected chi connectivity index (χ0v) is 14.7. The lowest BCUT2D eigenvalue weighted by atomic mass is 10.1. The van der Waals surface area contributed by atoms with E-state index in [2.05, 4.69) is 15.0 Å². The molecule has 0 radical (unpaired) electrons. The van der Waals surface area contributed by atoms with Crippen molar-refractivity contribution in [3.63, 3.8) is 0 Å². The molecule has 3 heterocycles. The Morgan fingerprint density at radius 3 is 2.96 bits per heavy atom. The molecule has 3 aromatic rings. The summed E-state index contributed by atoms with van der Waals surface area (Å²) in [5, 5.41) is 0.367. The average Bonchev–Trinajstić information content (AvgIpc) is 2.69. The lowest BCUT2D eigenvalue weighted by Crippen LogP contribution is -2.31. The van der Waals surface area contributed by atoms with Crippen LogP contribution >= 0.6 is 11.6 Å². The number of benzene rings is 1. The Bertz CT molecular complexity index is 1050. The first-order valence-corrected chi connectivity index (χ1v) is 8.39. The highest BCUT2D eigenvalue weighted by atomic mass is 35.5. The summed E-state index contributed by atoms with van der Waals surface area (Å²) >= 11 is 5.97. The van der Waals surface area contributed by atoms with E-state index in [0.717, 1.165) is 0 Å². The first-order chi connectivity index (χ1) is 13.0. The highest BCUT2D eigenvalue weighted by Crippen LogP contribution is 2.37. The molecule has 0 spiro atoms. The first-order valence-electron chi connectivity index (χ1n) is 8.01. The standard InChI is InChI=1S/C18H13ClFN5O2/c19-10-1-2-13(20)11(7-10)17-23-9-15-18(24-17)25(5-6-27-15)14-3-4-22-8-12(14)16(21)26/h1-4,7-9H,5-6H2,(H2,21,26). The van der Waals surface area contributed by atoms with Crippen LogP contribution in [0.15, 0.2) is 42.9 Å². The number of nitrogens with two attached hydrogens (primary N) is 1. The molecule has 27 heavy (non-hydrogen) atoms. The van der Waals surface area contributed by atoms with Gasteiger partial charge in [-0.1, -0.05) is 11.6 Å². The first kappa shape index (κ1) is 17.2. The Morgan fingerprint density at radius 2 is 2.15 bits per heavy atom. The SMILES string of the molecule is NC(=O)c1cnccc1N1CCOc2cnc(-c3cc(Cl)ccc3F)nc21. The zero-order chi connectivity index (χ0) is 19.0. The number of pyridine rings is 1. The quantitative estimate of drug-likeness (QED) is 0.744. The molecule has 9 heteroatoms. The molecule has 7 nitrogen and oxygen atoms in total. The summed E-state index contributed by atoms with van der Waals surface area (Å²) in [6.07, 6.45) is 4.41. The molecule has 0 atom stereocenters. The molecule has 1 aliphatic rings. The maximum atomic E-state index is 14.2. The Morgan fingerprint density at radius 1 is 1.30 bits per heavy atom. The van der Waals surface area contributed by atoms with Crippen molar-refractivity contribution in [3.8, 4) is 17.1 Å². The van der Waals surface area contributed by atoms with Crippen molar-refractivity contribution in [1.29, 1.82) is 0 Å². The van der Waals surface area contributed by atoms with Crippen molar-refractivity contribution < 1.29 is 13.9 Å². The van der Waals surface area contributed by atoms with Gasteiger partial charge in [-0.15, -0.1) is 0 Å². The molecular weight excluding hydrogens is 373 g/mol. The van der Waals surface area contributed by atoms with E-state index in [9.17, 15) is 9.18 Å². The van der Waals surface area contributed by atoms with Crippen LogP contribution in [0.2, 0.25) is 5.02 Å². The van der Waals surface area contributed by atoms with E-state index in [-0.39, 0.29) is 17.0 Å². The number of rotatable bonds is 3. The van der Waals surface area contributed by atoms with Crippen LogP contribution in [-0.4, -0.2) is 34.0 Å². The molecule has 0 saturated heterocycles. The van der Waals surface area contributed by atoms with Gasteiger partial charge in [0.25, 0.3) is 5.91 Å². The Labute approximate surface area is 158 Å². The lowest BCUT2D eigenvalue weighted by Gasteiger charge is -2.30. The van der Waals surface area contributed by atoms with Gasteiger partial charge in [-0.05, 0) is 24.3 Å². The van der Waals surface area contributed by atoms with Gasteiger partial charge in [0.2, 0.25) is 0 Å². The van der Waals surface area contributed by atoms with Gasteiger partial charge >= 0.3 is 0 Å². The fourth-order valence-electron chi connectivity index (χ4n) is 2.86. The summed E-state index contributed by atoms with van der Waals surface area (Å²) in [6, 6.07) is 5.82. The van der Waals surface area contributed by atoms with Crippen LogP contribution in [0.3, 0.4) is 0 Å². The van der Waals surface area contributed by atoms with Gasteiger partial charge in [0, 0.05) is 17.4 Å². The molecule has 136 valence electrons. The smallest absolute Gasteiger partial charge is 0.252 e. The largest absolute Gasteiger partial charge is 0.486 e. The second-order valence-corrected chi connectivity index (χ2v) is 6.20. The monoisotopic (exact) mass is 385 g/mol. The molecular formula is C18H13ClFN5O2. The third-order valence-corrected chi connectivity index (χ3v) is 4.32. The van der Waals surface area contributed by atoms with Crippen LogP contribution in [0, 0.1) is 5.82 Å². The van der Waals surface area contributed by atoms with Gasteiger partial charge in [0.15, 0.2) is 17.4 Å². The highest BCUT2D eigenvalue weighted by molar-refractivity contribution is 6.30. The number of carbonyl (C=O) groups excluding carboxylic acids is 1. The average molecular weight is 386 g/mol. The fraction of sp³-hybridized carbons (Fsp3) is 0.111. The molecule has 0 unspecified atom stereocenters. The topological polar surface area (TPSA) is 94.2 Å². The summed E-state index contributed by atoms with van der Waals surface area (Å²) in [5.41, 5.74) is 6.42. The van der Waals surface area contributed by atoms with Crippen molar-refractivity contribution in [3.05, 3.63) is 59.3 Å². The van der Waals surface area contributed by atoms with E-state index in [1.54, 1.807) is 17.2 Å². The maximum absolute atomic E-state index is 14.2. The summed E-state index contributed by atoms with van der Waals surface area (Å²) in [5.74, 6) is -0.136.